The van der Waals surface area contributed by atoms with Crippen LogP contribution in [0.2, 0.25) is 0 Å². The van der Waals surface area contributed by atoms with Crippen LogP contribution in [-0.4, -0.2) is 53.1 Å². The molecule has 26 heavy (non-hydrogen) atoms. The minimum Gasteiger partial charge on any atom is -0.333 e. The predicted octanol–water partition coefficient (Wildman–Crippen LogP) is 1.22. The average molecular weight is 377 g/mol. The van der Waals surface area contributed by atoms with E-state index in [2.05, 4.69) is 5.10 Å². The Kier molecular flexibility index (Phi) is 4.88. The number of hydrogen-bond acceptors (Lipinski definition) is 5. The largest absolute Gasteiger partial charge is 0.333 e. The highest BCUT2D eigenvalue weighted by Gasteiger charge is 2.36. The SMILES string of the molecule is CC(C)CN(C(=O)c1nn(C)c(=O)c2ccccc12)[C@@H]1CCS(=O)(=O)C1. The highest BCUT2D eigenvalue weighted by Crippen LogP contribution is 2.23. The average Bonchev–Trinajstić information content (AvgIpc) is 2.95. The normalized spacial score (nSPS) is 19.2. The van der Waals surface area contributed by atoms with Gasteiger partial charge in [0.15, 0.2) is 15.5 Å². The van der Waals surface area contributed by atoms with Gasteiger partial charge < -0.3 is 4.90 Å². The lowest BCUT2D eigenvalue weighted by molar-refractivity contribution is 0.0666. The van der Waals surface area contributed by atoms with Crippen LogP contribution >= 0.6 is 0 Å². The number of amides is 1. The number of aromatic nitrogens is 2. The first kappa shape index (κ1) is 18.6. The van der Waals surface area contributed by atoms with E-state index in [-0.39, 0.29) is 40.6 Å². The molecule has 1 atom stereocenters. The van der Waals surface area contributed by atoms with Crippen molar-refractivity contribution in [3.63, 3.8) is 0 Å². The summed E-state index contributed by atoms with van der Waals surface area (Å²) in [5.74, 6) is -0.0653. The zero-order valence-corrected chi connectivity index (χ0v) is 16.0. The predicted molar refractivity (Wildman–Crippen MR) is 99.9 cm³/mol. The molecule has 0 radical (unpaired) electrons. The third-order valence-electron chi connectivity index (χ3n) is 4.63. The quantitative estimate of drug-likeness (QED) is 0.799. The Morgan fingerprint density at radius 1 is 1.31 bits per heavy atom. The zero-order valence-electron chi connectivity index (χ0n) is 15.2. The number of sulfone groups is 1. The molecule has 0 unspecified atom stereocenters. The second-order valence-electron chi connectivity index (χ2n) is 7.23. The summed E-state index contributed by atoms with van der Waals surface area (Å²) in [6.07, 6.45) is 0.435. The van der Waals surface area contributed by atoms with Crippen LogP contribution in [-0.2, 0) is 16.9 Å². The number of rotatable bonds is 4. The van der Waals surface area contributed by atoms with E-state index in [0.717, 1.165) is 4.68 Å². The Bertz CT molecular complexity index is 1010. The minimum atomic E-state index is -3.12. The molecule has 1 aliphatic heterocycles. The highest BCUT2D eigenvalue weighted by atomic mass is 32.2. The molecule has 1 aliphatic rings. The van der Waals surface area contributed by atoms with Crippen molar-refractivity contribution in [1.82, 2.24) is 14.7 Å². The van der Waals surface area contributed by atoms with Crippen LogP contribution in [0, 0.1) is 5.92 Å². The van der Waals surface area contributed by atoms with E-state index in [1.165, 1.54) is 7.05 Å². The van der Waals surface area contributed by atoms with Crippen molar-refractivity contribution in [3.8, 4) is 0 Å². The molecule has 0 N–H and O–H groups in total. The third-order valence-corrected chi connectivity index (χ3v) is 6.38. The highest BCUT2D eigenvalue weighted by molar-refractivity contribution is 7.91. The standard InChI is InChI=1S/C18H23N3O4S/c1-12(2)10-21(13-8-9-26(24,25)11-13)18(23)16-14-6-4-5-7-15(14)17(22)20(3)19-16/h4-7,12-13H,8-11H2,1-3H3/t13-/m1/s1. The molecule has 7 nitrogen and oxygen atoms in total. The van der Waals surface area contributed by atoms with E-state index in [0.29, 0.717) is 23.7 Å². The summed E-state index contributed by atoms with van der Waals surface area (Å²) in [6, 6.07) is 6.52. The van der Waals surface area contributed by atoms with Crippen molar-refractivity contribution in [2.75, 3.05) is 18.1 Å². The van der Waals surface area contributed by atoms with Gasteiger partial charge in [-0.1, -0.05) is 32.0 Å². The van der Waals surface area contributed by atoms with Crippen LogP contribution in [0.1, 0.15) is 30.8 Å². The monoisotopic (exact) mass is 377 g/mol. The first-order valence-electron chi connectivity index (χ1n) is 8.67. The fraction of sp³-hybridized carbons (Fsp3) is 0.500. The van der Waals surface area contributed by atoms with E-state index >= 15 is 0 Å². The van der Waals surface area contributed by atoms with Crippen LogP contribution in [0.4, 0.5) is 0 Å². The number of nitrogens with zero attached hydrogens (tertiary/aromatic N) is 3. The van der Waals surface area contributed by atoms with Gasteiger partial charge in [-0.25, -0.2) is 13.1 Å². The summed E-state index contributed by atoms with van der Waals surface area (Å²) in [7, 11) is -1.61. The maximum Gasteiger partial charge on any atom is 0.275 e. The van der Waals surface area contributed by atoms with E-state index in [9.17, 15) is 18.0 Å². The van der Waals surface area contributed by atoms with Gasteiger partial charge in [-0.3, -0.25) is 9.59 Å². The molecule has 0 aliphatic carbocycles. The number of hydrogen-bond donors (Lipinski definition) is 0. The van der Waals surface area contributed by atoms with Crippen LogP contribution in [0.25, 0.3) is 10.8 Å². The molecule has 0 bridgehead atoms. The third kappa shape index (κ3) is 3.51. The molecule has 2 aromatic rings. The molecule has 140 valence electrons. The van der Waals surface area contributed by atoms with Crippen LogP contribution in [0.15, 0.2) is 29.1 Å². The summed E-state index contributed by atoms with van der Waals surface area (Å²) in [4.78, 5) is 27.2. The Morgan fingerprint density at radius 2 is 1.96 bits per heavy atom. The minimum absolute atomic E-state index is 0.0187. The second-order valence-corrected chi connectivity index (χ2v) is 9.46. The van der Waals surface area contributed by atoms with Crippen molar-refractivity contribution in [2.24, 2.45) is 13.0 Å². The van der Waals surface area contributed by atoms with E-state index < -0.39 is 9.84 Å². The molecule has 0 saturated carbocycles. The summed E-state index contributed by atoms with van der Waals surface area (Å²) >= 11 is 0. The fourth-order valence-electron chi connectivity index (χ4n) is 3.41. The van der Waals surface area contributed by atoms with Crippen LogP contribution in [0.3, 0.4) is 0 Å². The molecule has 1 saturated heterocycles. The molecule has 8 heteroatoms. The summed E-state index contributed by atoms with van der Waals surface area (Å²) in [5, 5.41) is 5.12. The zero-order chi connectivity index (χ0) is 19.1. The van der Waals surface area contributed by atoms with Gasteiger partial charge in [0.2, 0.25) is 0 Å². The van der Waals surface area contributed by atoms with Crippen molar-refractivity contribution >= 4 is 26.5 Å². The smallest absolute Gasteiger partial charge is 0.275 e. The topological polar surface area (TPSA) is 89.3 Å². The molecule has 0 spiro atoms. The number of carbonyl (C=O) groups excluding carboxylic acids is 1. The lowest BCUT2D eigenvalue weighted by Crippen LogP contribution is -2.44. The Balaban J connectivity index is 2.09. The summed E-state index contributed by atoms with van der Waals surface area (Å²) in [6.45, 7) is 4.41. The lowest BCUT2D eigenvalue weighted by Gasteiger charge is -2.30. The van der Waals surface area contributed by atoms with E-state index in [4.69, 9.17) is 0 Å². The number of carbonyl (C=O) groups is 1. The molecule has 1 aromatic heterocycles. The van der Waals surface area contributed by atoms with Gasteiger partial charge in [-0.2, -0.15) is 5.10 Å². The summed E-state index contributed by atoms with van der Waals surface area (Å²) in [5.41, 5.74) is -0.0800. The number of fused-ring (bicyclic) bond motifs is 1. The lowest BCUT2D eigenvalue weighted by atomic mass is 10.1. The van der Waals surface area contributed by atoms with Crippen LogP contribution < -0.4 is 5.56 Å². The van der Waals surface area contributed by atoms with E-state index in [1.54, 1.807) is 29.2 Å². The fourth-order valence-corrected chi connectivity index (χ4v) is 5.14. The van der Waals surface area contributed by atoms with Gasteiger partial charge in [-0.05, 0) is 18.4 Å². The van der Waals surface area contributed by atoms with Gasteiger partial charge in [0.25, 0.3) is 11.5 Å². The summed E-state index contributed by atoms with van der Waals surface area (Å²) < 4.78 is 25.0. The van der Waals surface area contributed by atoms with E-state index in [1.807, 2.05) is 13.8 Å². The number of aryl methyl sites for hydroxylation is 1. The van der Waals surface area contributed by atoms with Crippen molar-refractivity contribution in [2.45, 2.75) is 26.3 Å². The molecule has 1 fully saturated rings. The Morgan fingerprint density at radius 3 is 2.54 bits per heavy atom. The molecular weight excluding hydrogens is 354 g/mol. The van der Waals surface area contributed by atoms with Gasteiger partial charge in [0.05, 0.1) is 16.9 Å². The Labute approximate surface area is 152 Å². The second kappa shape index (κ2) is 6.83. The molecule has 2 heterocycles. The maximum atomic E-state index is 13.3. The first-order chi connectivity index (χ1) is 12.2. The van der Waals surface area contributed by atoms with Crippen LogP contribution in [0.5, 0.6) is 0 Å². The van der Waals surface area contributed by atoms with Crippen molar-refractivity contribution < 1.29 is 13.2 Å². The van der Waals surface area contributed by atoms with Gasteiger partial charge in [0, 0.05) is 25.0 Å². The maximum absolute atomic E-state index is 13.3. The van der Waals surface area contributed by atoms with Gasteiger partial charge in [0.1, 0.15) is 0 Å². The van der Waals surface area contributed by atoms with Crippen molar-refractivity contribution in [1.29, 1.82) is 0 Å². The van der Waals surface area contributed by atoms with Gasteiger partial charge in [-0.15, -0.1) is 0 Å². The molecular formula is C18H23N3O4S. The molecule has 3 rings (SSSR count). The van der Waals surface area contributed by atoms with Gasteiger partial charge >= 0.3 is 0 Å². The first-order valence-corrected chi connectivity index (χ1v) is 10.5. The molecule has 1 amide bonds. The number of benzene rings is 1. The molecule has 1 aromatic carbocycles. The Hall–Kier alpha value is -2.22. The van der Waals surface area contributed by atoms with Crippen molar-refractivity contribution in [3.05, 3.63) is 40.3 Å².